The van der Waals surface area contributed by atoms with E-state index in [4.69, 9.17) is 5.73 Å². The summed E-state index contributed by atoms with van der Waals surface area (Å²) in [5.41, 5.74) is 9.10. The number of nitrogens with two attached hydrogens (primary N) is 1. The van der Waals surface area contributed by atoms with Gasteiger partial charge in [-0.05, 0) is 56.0 Å². The Morgan fingerprint density at radius 2 is 1.69 bits per heavy atom. The van der Waals surface area contributed by atoms with E-state index < -0.39 is 0 Å². The summed E-state index contributed by atoms with van der Waals surface area (Å²) in [7, 11) is 0. The minimum absolute atomic E-state index is 0. The molecule has 0 radical (unpaired) electrons. The lowest BCUT2D eigenvalue weighted by Crippen LogP contribution is -2.34. The molecule has 1 aliphatic carbocycles. The van der Waals surface area contributed by atoms with E-state index in [-0.39, 0.29) is 36.3 Å². The first-order valence-electron chi connectivity index (χ1n) is 9.10. The number of carbonyl (C=O) groups excluding carboxylic acids is 1. The summed E-state index contributed by atoms with van der Waals surface area (Å²) in [5.74, 6) is 0.133. The van der Waals surface area contributed by atoms with Crippen LogP contribution in [0, 0.1) is 5.92 Å². The largest absolute Gasteiger partial charge is 0.379 e. The molecule has 0 heterocycles. The Morgan fingerprint density at radius 3 is 2.35 bits per heavy atom. The highest BCUT2D eigenvalue weighted by atomic mass is 35.5. The fraction of sp³-hybridized carbons (Fsp3) is 0.381. The molecule has 3 unspecified atom stereocenters. The Hall–Kier alpha value is -2.04. The molecule has 26 heavy (non-hydrogen) atoms. The van der Waals surface area contributed by atoms with Crippen LogP contribution in [0.4, 0.5) is 11.4 Å². The van der Waals surface area contributed by atoms with E-state index in [1.807, 2.05) is 42.5 Å². The van der Waals surface area contributed by atoms with Crippen molar-refractivity contribution < 1.29 is 4.79 Å². The molecule has 3 atom stereocenters. The maximum absolute atomic E-state index is 12.4. The number of hydrogen-bond donors (Lipinski definition) is 3. The first-order valence-corrected chi connectivity index (χ1v) is 9.10. The van der Waals surface area contributed by atoms with Crippen LogP contribution in [0.5, 0.6) is 0 Å². The molecule has 5 heteroatoms. The molecule has 0 aliphatic heterocycles. The summed E-state index contributed by atoms with van der Waals surface area (Å²) in [6.07, 6.45) is 3.80. The Kier molecular flexibility index (Phi) is 7.49. The minimum atomic E-state index is 0. The van der Waals surface area contributed by atoms with Crippen molar-refractivity contribution in [2.45, 2.75) is 44.7 Å². The van der Waals surface area contributed by atoms with E-state index in [9.17, 15) is 4.79 Å². The number of carbonyl (C=O) groups is 1. The number of halogens is 1. The Balaban J connectivity index is 0.00000243. The van der Waals surface area contributed by atoms with Crippen LogP contribution >= 0.6 is 12.4 Å². The lowest BCUT2D eigenvalue weighted by atomic mass is 9.85. The predicted octanol–water partition coefficient (Wildman–Crippen LogP) is 4.74. The van der Waals surface area contributed by atoms with Gasteiger partial charge >= 0.3 is 0 Å². The van der Waals surface area contributed by atoms with Gasteiger partial charge in [-0.1, -0.05) is 36.8 Å². The average Bonchev–Trinajstić information content (AvgIpc) is 2.64. The van der Waals surface area contributed by atoms with E-state index in [0.717, 1.165) is 37.1 Å². The third-order valence-corrected chi connectivity index (χ3v) is 4.92. The Morgan fingerprint density at radius 1 is 1.04 bits per heavy atom. The molecule has 0 saturated heterocycles. The van der Waals surface area contributed by atoms with Crippen LogP contribution < -0.4 is 16.4 Å². The third kappa shape index (κ3) is 5.48. The predicted molar refractivity (Wildman–Crippen MR) is 111 cm³/mol. The Bertz CT molecular complexity index is 690. The van der Waals surface area contributed by atoms with Gasteiger partial charge in [-0.2, -0.15) is 0 Å². The number of hydrogen-bond acceptors (Lipinski definition) is 3. The summed E-state index contributed by atoms with van der Waals surface area (Å²) in [6, 6.07) is 18.6. The van der Waals surface area contributed by atoms with Crippen molar-refractivity contribution in [1.29, 1.82) is 0 Å². The lowest BCUT2D eigenvalue weighted by molar-refractivity contribution is -0.120. The summed E-state index contributed by atoms with van der Waals surface area (Å²) < 4.78 is 0. The monoisotopic (exact) mass is 373 g/mol. The summed E-state index contributed by atoms with van der Waals surface area (Å²) in [5, 5.41) is 6.50. The van der Waals surface area contributed by atoms with Crippen molar-refractivity contribution in [1.82, 2.24) is 0 Å². The fourth-order valence-electron chi connectivity index (χ4n) is 3.43. The van der Waals surface area contributed by atoms with E-state index in [0.29, 0.717) is 0 Å². The highest BCUT2D eigenvalue weighted by molar-refractivity contribution is 5.92. The molecule has 0 bridgehead atoms. The molecule has 0 aromatic heterocycles. The summed E-state index contributed by atoms with van der Waals surface area (Å²) in [6.45, 7) is 2.14. The molecule has 4 N–H and O–H groups in total. The van der Waals surface area contributed by atoms with Crippen molar-refractivity contribution in [3.05, 3.63) is 60.2 Å². The normalized spacial score (nSPS) is 20.5. The minimum Gasteiger partial charge on any atom is -0.379 e. The molecule has 1 aliphatic rings. The average molecular weight is 374 g/mol. The van der Waals surface area contributed by atoms with Gasteiger partial charge in [0, 0.05) is 29.4 Å². The van der Waals surface area contributed by atoms with Gasteiger partial charge in [-0.25, -0.2) is 0 Å². The second kappa shape index (κ2) is 9.60. The van der Waals surface area contributed by atoms with Gasteiger partial charge in [-0.3, -0.25) is 4.79 Å². The van der Waals surface area contributed by atoms with Gasteiger partial charge in [0.1, 0.15) is 0 Å². The molecule has 0 spiro atoms. The number of anilines is 2. The van der Waals surface area contributed by atoms with E-state index >= 15 is 0 Å². The lowest BCUT2D eigenvalue weighted by Gasteiger charge is -2.25. The maximum atomic E-state index is 12.4. The highest BCUT2D eigenvalue weighted by Crippen LogP contribution is 2.25. The highest BCUT2D eigenvalue weighted by Gasteiger charge is 2.25. The maximum Gasteiger partial charge on any atom is 0.227 e. The van der Waals surface area contributed by atoms with E-state index in [1.165, 1.54) is 5.56 Å². The van der Waals surface area contributed by atoms with Crippen LogP contribution in [0.3, 0.4) is 0 Å². The fourth-order valence-corrected chi connectivity index (χ4v) is 3.43. The van der Waals surface area contributed by atoms with Crippen molar-refractivity contribution in [3.63, 3.8) is 0 Å². The zero-order valence-corrected chi connectivity index (χ0v) is 16.0. The second-order valence-corrected chi connectivity index (χ2v) is 6.97. The molecule has 140 valence electrons. The van der Waals surface area contributed by atoms with Crippen molar-refractivity contribution in [2.75, 3.05) is 10.6 Å². The molecular weight excluding hydrogens is 346 g/mol. The van der Waals surface area contributed by atoms with Gasteiger partial charge in [0.25, 0.3) is 0 Å². The first kappa shape index (κ1) is 20.3. The Labute approximate surface area is 162 Å². The van der Waals surface area contributed by atoms with Crippen LogP contribution in [0.15, 0.2) is 54.6 Å². The van der Waals surface area contributed by atoms with Crippen molar-refractivity contribution >= 4 is 29.7 Å². The van der Waals surface area contributed by atoms with Crippen LogP contribution in [0.25, 0.3) is 0 Å². The van der Waals surface area contributed by atoms with Crippen LogP contribution in [-0.4, -0.2) is 11.9 Å². The van der Waals surface area contributed by atoms with Crippen molar-refractivity contribution in [2.24, 2.45) is 11.7 Å². The quantitative estimate of drug-likeness (QED) is 0.709. The molecular formula is C21H28ClN3O. The SMILES string of the molecule is CC(Nc1ccc(NC(=O)C2CCCC(N)C2)cc1)c1ccccc1.Cl. The smallest absolute Gasteiger partial charge is 0.227 e. The summed E-state index contributed by atoms with van der Waals surface area (Å²) in [4.78, 5) is 12.4. The van der Waals surface area contributed by atoms with E-state index in [2.05, 4.69) is 29.7 Å². The van der Waals surface area contributed by atoms with Gasteiger partial charge in [0.15, 0.2) is 0 Å². The third-order valence-electron chi connectivity index (χ3n) is 4.92. The first-order chi connectivity index (χ1) is 12.1. The molecule has 1 amide bonds. The molecule has 1 saturated carbocycles. The number of rotatable bonds is 5. The zero-order valence-electron chi connectivity index (χ0n) is 15.2. The van der Waals surface area contributed by atoms with Crippen molar-refractivity contribution in [3.8, 4) is 0 Å². The van der Waals surface area contributed by atoms with Crippen LogP contribution in [0.2, 0.25) is 0 Å². The number of benzene rings is 2. The molecule has 4 nitrogen and oxygen atoms in total. The van der Waals surface area contributed by atoms with Gasteiger partial charge in [0.2, 0.25) is 5.91 Å². The topological polar surface area (TPSA) is 67.1 Å². The van der Waals surface area contributed by atoms with Crippen LogP contribution in [0.1, 0.15) is 44.2 Å². The molecule has 1 fully saturated rings. The molecule has 2 aromatic rings. The second-order valence-electron chi connectivity index (χ2n) is 6.97. The van der Waals surface area contributed by atoms with Gasteiger partial charge in [-0.15, -0.1) is 12.4 Å². The number of amides is 1. The standard InChI is InChI=1S/C21H27N3O.ClH/c1-15(16-6-3-2-4-7-16)23-19-10-12-20(13-11-19)24-21(25)17-8-5-9-18(22)14-17;/h2-4,6-7,10-13,15,17-18,23H,5,8-9,14,22H2,1H3,(H,24,25);1H. The molecule has 2 aromatic carbocycles. The molecule has 3 rings (SSSR count). The van der Waals surface area contributed by atoms with Gasteiger partial charge in [0.05, 0.1) is 0 Å². The number of nitrogens with one attached hydrogen (secondary N) is 2. The van der Waals surface area contributed by atoms with Crippen LogP contribution in [-0.2, 0) is 4.79 Å². The summed E-state index contributed by atoms with van der Waals surface area (Å²) >= 11 is 0. The van der Waals surface area contributed by atoms with Gasteiger partial charge < -0.3 is 16.4 Å². The zero-order chi connectivity index (χ0) is 17.6. The van der Waals surface area contributed by atoms with E-state index in [1.54, 1.807) is 0 Å².